The van der Waals surface area contributed by atoms with E-state index in [1.54, 1.807) is 56.9 Å². The van der Waals surface area contributed by atoms with Crippen molar-refractivity contribution in [3.05, 3.63) is 60.3 Å². The smallest absolute Gasteiger partial charge is 0.261 e. The van der Waals surface area contributed by atoms with Crippen molar-refractivity contribution in [1.82, 2.24) is 19.9 Å². The monoisotopic (exact) mass is 482 g/mol. The van der Waals surface area contributed by atoms with E-state index in [-0.39, 0.29) is 4.90 Å². The summed E-state index contributed by atoms with van der Waals surface area (Å²) < 4.78 is 33.7. The summed E-state index contributed by atoms with van der Waals surface area (Å²) in [6.07, 6.45) is 3.33. The van der Waals surface area contributed by atoms with Crippen molar-refractivity contribution in [2.24, 2.45) is 0 Å². The summed E-state index contributed by atoms with van der Waals surface area (Å²) in [5.41, 5.74) is 3.46. The van der Waals surface area contributed by atoms with Gasteiger partial charge in [0.15, 0.2) is 0 Å². The van der Waals surface area contributed by atoms with Gasteiger partial charge in [-0.3, -0.25) is 14.6 Å². The first kappa shape index (κ1) is 24.1. The van der Waals surface area contributed by atoms with Crippen LogP contribution in [0.15, 0.2) is 53.8 Å². The third kappa shape index (κ3) is 5.35. The Hall–Kier alpha value is -3.08. The zero-order valence-corrected chi connectivity index (χ0v) is 20.5. The number of aromatic nitrogens is 3. The number of anilines is 2. The van der Waals surface area contributed by atoms with Crippen molar-refractivity contribution < 1.29 is 13.2 Å². The summed E-state index contributed by atoms with van der Waals surface area (Å²) in [6, 6.07) is 10.1. The van der Waals surface area contributed by atoms with E-state index < -0.39 is 10.0 Å². The Balaban J connectivity index is 1.63. The van der Waals surface area contributed by atoms with Crippen molar-refractivity contribution in [1.29, 1.82) is 0 Å². The van der Waals surface area contributed by atoms with Gasteiger partial charge in [-0.2, -0.15) is 0 Å². The molecule has 1 aliphatic heterocycles. The molecular weight excluding hydrogens is 452 g/mol. The molecule has 2 aromatic heterocycles. The van der Waals surface area contributed by atoms with Crippen molar-refractivity contribution in [2.45, 2.75) is 18.7 Å². The fourth-order valence-electron chi connectivity index (χ4n) is 4.02. The first-order chi connectivity index (χ1) is 16.4. The second-order valence-corrected chi connectivity index (χ2v) is 9.94. The van der Waals surface area contributed by atoms with E-state index in [0.29, 0.717) is 18.0 Å². The van der Waals surface area contributed by atoms with Crippen molar-refractivity contribution in [2.75, 3.05) is 56.1 Å². The van der Waals surface area contributed by atoms with Crippen LogP contribution in [0, 0.1) is 13.8 Å². The average molecular weight is 483 g/mol. The highest BCUT2D eigenvalue weighted by Gasteiger charge is 2.23. The molecule has 0 bridgehead atoms. The molecule has 1 N–H and O–H groups in total. The van der Waals surface area contributed by atoms with E-state index >= 15 is 0 Å². The van der Waals surface area contributed by atoms with Crippen LogP contribution in [0.2, 0.25) is 0 Å². The Bertz CT molecular complexity index is 1230. The predicted molar refractivity (Wildman–Crippen MR) is 133 cm³/mol. The molecule has 4 rings (SSSR count). The Morgan fingerprint density at radius 2 is 1.74 bits per heavy atom. The molecule has 9 nitrogen and oxygen atoms in total. The number of hydrogen-bond donors (Lipinski definition) is 1. The Kier molecular flexibility index (Phi) is 7.40. The molecule has 180 valence electrons. The van der Waals surface area contributed by atoms with Gasteiger partial charge in [0.1, 0.15) is 12.1 Å². The molecule has 10 heteroatoms. The van der Waals surface area contributed by atoms with Crippen molar-refractivity contribution in [3.63, 3.8) is 0 Å². The standard InChI is InChI=1S/C24H30N6O3S/c1-18-22(28-34(31,32)21-7-5-4-6-8-21)15-20(16-25-18)23-19(2)26-17-27-24(23)30-11-9-29(10-12-30)13-14-33-3/h4-8,15-17,28H,9-14H2,1-3H3. The predicted octanol–water partition coefficient (Wildman–Crippen LogP) is 2.72. The molecule has 0 atom stereocenters. The lowest BCUT2D eigenvalue weighted by Gasteiger charge is -2.36. The summed E-state index contributed by atoms with van der Waals surface area (Å²) in [6.45, 7) is 8.84. The van der Waals surface area contributed by atoms with E-state index in [9.17, 15) is 8.42 Å². The molecule has 1 saturated heterocycles. The second-order valence-electron chi connectivity index (χ2n) is 8.25. The lowest BCUT2D eigenvalue weighted by Crippen LogP contribution is -2.47. The molecule has 3 heterocycles. The lowest BCUT2D eigenvalue weighted by molar-refractivity contribution is 0.144. The van der Waals surface area contributed by atoms with Crippen LogP contribution < -0.4 is 9.62 Å². The number of pyridine rings is 1. The molecule has 0 aliphatic carbocycles. The van der Waals surface area contributed by atoms with Crippen LogP contribution in [-0.4, -0.2) is 74.7 Å². The number of aryl methyl sites for hydroxylation is 2. The number of nitrogens with one attached hydrogen (secondary N) is 1. The maximum absolute atomic E-state index is 12.9. The highest BCUT2D eigenvalue weighted by molar-refractivity contribution is 7.92. The average Bonchev–Trinajstić information content (AvgIpc) is 2.85. The Labute approximate surface area is 200 Å². The van der Waals surface area contributed by atoms with E-state index in [1.165, 1.54) is 0 Å². The molecule has 0 spiro atoms. The topological polar surface area (TPSA) is 101 Å². The number of rotatable bonds is 8. The SMILES string of the molecule is COCCN1CCN(c2ncnc(C)c2-c2cnc(C)c(NS(=O)(=O)c3ccccc3)c2)CC1. The van der Waals surface area contributed by atoms with Crippen LogP contribution >= 0.6 is 0 Å². The molecule has 0 saturated carbocycles. The zero-order valence-electron chi connectivity index (χ0n) is 19.7. The fraction of sp³-hybridized carbons (Fsp3) is 0.375. The molecule has 3 aromatic rings. The number of sulfonamides is 1. The summed E-state index contributed by atoms with van der Waals surface area (Å²) in [5.74, 6) is 0.835. The van der Waals surface area contributed by atoms with Crippen LogP contribution in [0.25, 0.3) is 11.1 Å². The molecule has 1 fully saturated rings. The van der Waals surface area contributed by atoms with E-state index in [2.05, 4.69) is 29.5 Å². The van der Waals surface area contributed by atoms with Crippen LogP contribution in [0.3, 0.4) is 0 Å². The first-order valence-electron chi connectivity index (χ1n) is 11.2. The quantitative estimate of drug-likeness (QED) is 0.523. The number of ether oxygens (including phenoxy) is 1. The summed E-state index contributed by atoms with van der Waals surface area (Å²) in [5, 5.41) is 0. The number of hydrogen-bond acceptors (Lipinski definition) is 8. The van der Waals surface area contributed by atoms with Crippen LogP contribution in [0.4, 0.5) is 11.5 Å². The molecule has 1 aromatic carbocycles. The number of methoxy groups -OCH3 is 1. The minimum Gasteiger partial charge on any atom is -0.383 e. The van der Waals surface area contributed by atoms with Gasteiger partial charge in [0.25, 0.3) is 10.0 Å². The van der Waals surface area contributed by atoms with Gasteiger partial charge in [0, 0.05) is 57.2 Å². The third-order valence-electron chi connectivity index (χ3n) is 5.97. The van der Waals surface area contributed by atoms with Crippen LogP contribution in [0.1, 0.15) is 11.4 Å². The normalized spacial score (nSPS) is 14.9. The maximum Gasteiger partial charge on any atom is 0.261 e. The van der Waals surface area contributed by atoms with Gasteiger partial charge < -0.3 is 9.64 Å². The molecule has 0 amide bonds. The maximum atomic E-state index is 12.9. The Morgan fingerprint density at radius 1 is 1.00 bits per heavy atom. The molecule has 0 unspecified atom stereocenters. The summed E-state index contributed by atoms with van der Waals surface area (Å²) >= 11 is 0. The summed E-state index contributed by atoms with van der Waals surface area (Å²) in [7, 11) is -2.02. The first-order valence-corrected chi connectivity index (χ1v) is 12.7. The van der Waals surface area contributed by atoms with Crippen molar-refractivity contribution >= 4 is 21.5 Å². The minimum absolute atomic E-state index is 0.200. The minimum atomic E-state index is -3.74. The van der Waals surface area contributed by atoms with Crippen LogP contribution in [0.5, 0.6) is 0 Å². The Morgan fingerprint density at radius 3 is 2.44 bits per heavy atom. The fourth-order valence-corrected chi connectivity index (χ4v) is 5.15. The highest BCUT2D eigenvalue weighted by Crippen LogP contribution is 2.33. The van der Waals surface area contributed by atoms with Gasteiger partial charge in [-0.25, -0.2) is 18.4 Å². The number of nitrogens with zero attached hydrogens (tertiary/aromatic N) is 5. The van der Waals surface area contributed by atoms with Crippen LogP contribution in [-0.2, 0) is 14.8 Å². The largest absolute Gasteiger partial charge is 0.383 e. The van der Waals surface area contributed by atoms with Gasteiger partial charge >= 0.3 is 0 Å². The molecular formula is C24H30N6O3S. The number of benzene rings is 1. The summed E-state index contributed by atoms with van der Waals surface area (Å²) in [4.78, 5) is 18.3. The lowest BCUT2D eigenvalue weighted by atomic mass is 10.0. The van der Waals surface area contributed by atoms with E-state index in [4.69, 9.17) is 4.74 Å². The van der Waals surface area contributed by atoms with Gasteiger partial charge in [-0.1, -0.05) is 18.2 Å². The highest BCUT2D eigenvalue weighted by atomic mass is 32.2. The van der Waals surface area contributed by atoms with E-state index in [1.807, 2.05) is 13.0 Å². The van der Waals surface area contributed by atoms with Crippen molar-refractivity contribution in [3.8, 4) is 11.1 Å². The van der Waals surface area contributed by atoms with E-state index in [0.717, 1.165) is 55.4 Å². The van der Waals surface area contributed by atoms with Gasteiger partial charge in [-0.05, 0) is 32.0 Å². The molecule has 0 radical (unpaired) electrons. The van der Waals surface area contributed by atoms with Gasteiger partial charge in [0.05, 0.1) is 28.6 Å². The zero-order chi connectivity index (χ0) is 24.1. The van der Waals surface area contributed by atoms with Gasteiger partial charge in [0.2, 0.25) is 0 Å². The second kappa shape index (κ2) is 10.5. The molecule has 34 heavy (non-hydrogen) atoms. The molecule has 1 aliphatic rings. The third-order valence-corrected chi connectivity index (χ3v) is 7.36. The van der Waals surface area contributed by atoms with Gasteiger partial charge in [-0.15, -0.1) is 0 Å². The number of piperazine rings is 1.